The molecule has 0 aliphatic carbocycles. The first kappa shape index (κ1) is 20.0. The number of aryl methyl sites for hydroxylation is 1. The van der Waals surface area contributed by atoms with E-state index in [2.05, 4.69) is 0 Å². The molecule has 0 N–H and O–H groups in total. The van der Waals surface area contributed by atoms with Crippen molar-refractivity contribution in [2.24, 2.45) is 0 Å². The maximum Gasteiger partial charge on any atom is 0.257 e. The Labute approximate surface area is 163 Å². The van der Waals surface area contributed by atoms with Crippen LogP contribution in [-0.4, -0.2) is 40.7 Å². The van der Waals surface area contributed by atoms with Crippen LogP contribution in [0.2, 0.25) is 0 Å². The fraction of sp³-hybridized carbons (Fsp3) is 0.364. The van der Waals surface area contributed by atoms with Crippen LogP contribution < -0.4 is 0 Å². The van der Waals surface area contributed by atoms with Gasteiger partial charge in [0, 0.05) is 32.1 Å². The molecule has 4 nitrogen and oxygen atoms in total. The molecular formula is C22H24F2N2O2. The highest BCUT2D eigenvalue weighted by molar-refractivity contribution is 5.95. The Bertz CT molecular complexity index is 870. The van der Waals surface area contributed by atoms with Crippen molar-refractivity contribution >= 4 is 11.8 Å². The summed E-state index contributed by atoms with van der Waals surface area (Å²) in [4.78, 5) is 28.8. The van der Waals surface area contributed by atoms with Crippen molar-refractivity contribution in [2.45, 2.75) is 39.3 Å². The number of benzene rings is 2. The Balaban J connectivity index is 1.83. The average molecular weight is 386 g/mol. The molecule has 0 bridgehead atoms. The summed E-state index contributed by atoms with van der Waals surface area (Å²) in [5, 5.41) is 0. The Morgan fingerprint density at radius 2 is 1.82 bits per heavy atom. The molecule has 6 heteroatoms. The first-order valence-corrected chi connectivity index (χ1v) is 9.49. The van der Waals surface area contributed by atoms with Crippen molar-refractivity contribution in [2.75, 3.05) is 13.1 Å². The second-order valence-corrected chi connectivity index (χ2v) is 7.13. The van der Waals surface area contributed by atoms with E-state index in [1.807, 2.05) is 37.3 Å². The van der Waals surface area contributed by atoms with Crippen LogP contribution in [0.5, 0.6) is 0 Å². The third-order valence-electron chi connectivity index (χ3n) is 5.25. The van der Waals surface area contributed by atoms with Crippen molar-refractivity contribution in [1.82, 2.24) is 9.80 Å². The zero-order valence-electron chi connectivity index (χ0n) is 16.1. The molecule has 2 aromatic carbocycles. The molecular weight excluding hydrogens is 362 g/mol. The molecule has 0 spiro atoms. The van der Waals surface area contributed by atoms with Gasteiger partial charge in [-0.3, -0.25) is 9.59 Å². The molecule has 3 rings (SSSR count). The number of carbonyl (C=O) groups is 2. The minimum Gasteiger partial charge on any atom is -0.336 e. The third kappa shape index (κ3) is 4.06. The van der Waals surface area contributed by atoms with Gasteiger partial charge in [0.25, 0.3) is 5.91 Å². The highest BCUT2D eigenvalue weighted by Gasteiger charge is 2.32. The van der Waals surface area contributed by atoms with E-state index in [9.17, 15) is 18.4 Å². The molecule has 148 valence electrons. The van der Waals surface area contributed by atoms with E-state index in [4.69, 9.17) is 0 Å². The SMILES string of the molecule is CC[C@@H]1CN(C(=O)c2ccc(C)c(F)c2F)CCC(=O)N1Cc1ccccc1. The van der Waals surface area contributed by atoms with Crippen LogP contribution in [0.25, 0.3) is 0 Å². The molecule has 1 aliphatic heterocycles. The highest BCUT2D eigenvalue weighted by Crippen LogP contribution is 2.22. The fourth-order valence-electron chi connectivity index (χ4n) is 3.53. The Morgan fingerprint density at radius 1 is 1.11 bits per heavy atom. The quantitative estimate of drug-likeness (QED) is 0.799. The smallest absolute Gasteiger partial charge is 0.257 e. The van der Waals surface area contributed by atoms with Crippen LogP contribution in [0.3, 0.4) is 0 Å². The largest absolute Gasteiger partial charge is 0.336 e. The van der Waals surface area contributed by atoms with Gasteiger partial charge in [-0.05, 0) is 30.5 Å². The summed E-state index contributed by atoms with van der Waals surface area (Å²) in [5.74, 6) is -2.75. The summed E-state index contributed by atoms with van der Waals surface area (Å²) in [6, 6.07) is 12.2. The third-order valence-corrected chi connectivity index (χ3v) is 5.25. The molecule has 0 unspecified atom stereocenters. The summed E-state index contributed by atoms with van der Waals surface area (Å²) >= 11 is 0. The fourth-order valence-corrected chi connectivity index (χ4v) is 3.53. The summed E-state index contributed by atoms with van der Waals surface area (Å²) in [7, 11) is 0. The van der Waals surface area contributed by atoms with Crippen molar-refractivity contribution < 1.29 is 18.4 Å². The van der Waals surface area contributed by atoms with E-state index in [0.717, 1.165) is 5.56 Å². The summed E-state index contributed by atoms with van der Waals surface area (Å²) in [6.07, 6.45) is 0.818. The lowest BCUT2D eigenvalue weighted by Crippen LogP contribution is -2.44. The Morgan fingerprint density at radius 3 is 2.50 bits per heavy atom. The number of amides is 2. The second-order valence-electron chi connectivity index (χ2n) is 7.13. The van der Waals surface area contributed by atoms with E-state index < -0.39 is 17.5 Å². The van der Waals surface area contributed by atoms with Gasteiger partial charge in [-0.15, -0.1) is 0 Å². The lowest BCUT2D eigenvalue weighted by molar-refractivity contribution is -0.133. The number of hydrogen-bond acceptors (Lipinski definition) is 2. The molecule has 2 aromatic rings. The molecule has 1 fully saturated rings. The normalized spacial score (nSPS) is 17.6. The number of halogens is 2. The molecule has 1 heterocycles. The van der Waals surface area contributed by atoms with Crippen LogP contribution >= 0.6 is 0 Å². The predicted octanol–water partition coefficient (Wildman–Crippen LogP) is 3.93. The monoisotopic (exact) mass is 386 g/mol. The first-order chi connectivity index (χ1) is 13.4. The minimum atomic E-state index is -1.13. The van der Waals surface area contributed by atoms with Gasteiger partial charge in [-0.1, -0.05) is 43.3 Å². The number of carbonyl (C=O) groups excluding carboxylic acids is 2. The van der Waals surface area contributed by atoms with Crippen molar-refractivity contribution in [3.63, 3.8) is 0 Å². The number of rotatable bonds is 4. The van der Waals surface area contributed by atoms with Crippen LogP contribution in [0.15, 0.2) is 42.5 Å². The minimum absolute atomic E-state index is 0.0402. The van der Waals surface area contributed by atoms with Crippen LogP contribution in [0, 0.1) is 18.6 Å². The predicted molar refractivity (Wildman–Crippen MR) is 103 cm³/mol. The molecule has 0 aromatic heterocycles. The summed E-state index contributed by atoms with van der Waals surface area (Å²) in [5.41, 5.74) is 0.878. The van der Waals surface area contributed by atoms with E-state index in [1.54, 1.807) is 4.90 Å². The van der Waals surface area contributed by atoms with E-state index in [1.165, 1.54) is 24.0 Å². The second kappa shape index (κ2) is 8.50. The van der Waals surface area contributed by atoms with Gasteiger partial charge in [0.2, 0.25) is 5.91 Å². The lowest BCUT2D eigenvalue weighted by Gasteiger charge is -2.31. The molecule has 0 saturated carbocycles. The van der Waals surface area contributed by atoms with Crippen molar-refractivity contribution in [3.8, 4) is 0 Å². The lowest BCUT2D eigenvalue weighted by atomic mass is 10.1. The first-order valence-electron chi connectivity index (χ1n) is 9.49. The van der Waals surface area contributed by atoms with Crippen LogP contribution in [0.4, 0.5) is 8.78 Å². The van der Waals surface area contributed by atoms with E-state index >= 15 is 0 Å². The average Bonchev–Trinajstić information content (AvgIpc) is 2.86. The van der Waals surface area contributed by atoms with Crippen molar-refractivity contribution in [3.05, 3.63) is 70.8 Å². The van der Waals surface area contributed by atoms with Gasteiger partial charge in [0.05, 0.1) is 5.56 Å². The zero-order chi connectivity index (χ0) is 20.3. The molecule has 0 radical (unpaired) electrons. The van der Waals surface area contributed by atoms with Gasteiger partial charge in [-0.2, -0.15) is 0 Å². The standard InChI is InChI=1S/C22H24F2N2O2/c1-3-17-14-25(22(28)18-10-9-15(2)20(23)21(18)24)12-11-19(27)26(17)13-16-7-5-4-6-8-16/h4-10,17H,3,11-14H2,1-2H3/t17-/m1/s1. The number of hydrogen-bond donors (Lipinski definition) is 0. The topological polar surface area (TPSA) is 40.6 Å². The van der Waals surface area contributed by atoms with Gasteiger partial charge >= 0.3 is 0 Å². The molecule has 2 amide bonds. The zero-order valence-corrected chi connectivity index (χ0v) is 16.1. The summed E-state index contributed by atoms with van der Waals surface area (Å²) in [6.45, 7) is 4.35. The Kier molecular flexibility index (Phi) is 6.07. The molecule has 28 heavy (non-hydrogen) atoms. The number of nitrogens with zero attached hydrogens (tertiary/aromatic N) is 2. The van der Waals surface area contributed by atoms with E-state index in [-0.39, 0.29) is 36.0 Å². The maximum atomic E-state index is 14.3. The Hall–Kier alpha value is -2.76. The molecule has 1 aliphatic rings. The molecule has 1 saturated heterocycles. The van der Waals surface area contributed by atoms with Crippen LogP contribution in [0.1, 0.15) is 41.3 Å². The van der Waals surface area contributed by atoms with Gasteiger partial charge in [0.1, 0.15) is 0 Å². The van der Waals surface area contributed by atoms with Gasteiger partial charge in [0.15, 0.2) is 11.6 Å². The molecule has 1 atom stereocenters. The highest BCUT2D eigenvalue weighted by atomic mass is 19.2. The van der Waals surface area contributed by atoms with E-state index in [0.29, 0.717) is 19.5 Å². The van der Waals surface area contributed by atoms with Gasteiger partial charge in [-0.25, -0.2) is 8.78 Å². The van der Waals surface area contributed by atoms with Crippen molar-refractivity contribution in [1.29, 1.82) is 0 Å². The van der Waals surface area contributed by atoms with Crippen LogP contribution in [-0.2, 0) is 11.3 Å². The summed E-state index contributed by atoms with van der Waals surface area (Å²) < 4.78 is 28.2. The maximum absolute atomic E-state index is 14.3. The van der Waals surface area contributed by atoms with Gasteiger partial charge < -0.3 is 9.80 Å².